The molecule has 3 rings (SSSR count). The van der Waals surface area contributed by atoms with Crippen molar-refractivity contribution in [1.82, 2.24) is 0 Å². The number of hydrogen-bond donors (Lipinski definition) is 0. The smallest absolute Gasteiger partial charge is 0.342 e. The first-order valence-corrected chi connectivity index (χ1v) is 7.72. The summed E-state index contributed by atoms with van der Waals surface area (Å²) in [5.74, 6) is 0.553. The molecule has 0 unspecified atom stereocenters. The van der Waals surface area contributed by atoms with Crippen LogP contribution < -0.4 is 5.43 Å². The van der Waals surface area contributed by atoms with Crippen LogP contribution in [0.25, 0.3) is 10.3 Å². The van der Waals surface area contributed by atoms with Crippen LogP contribution in [0.2, 0.25) is 0 Å². The highest BCUT2D eigenvalue weighted by molar-refractivity contribution is 7.17. The van der Waals surface area contributed by atoms with E-state index in [1.807, 2.05) is 0 Å². The van der Waals surface area contributed by atoms with Gasteiger partial charge in [-0.3, -0.25) is 4.79 Å². The molecule has 0 radical (unpaired) electrons. The maximum Gasteiger partial charge on any atom is 0.342 e. The molecular formula is C15H16O4S. The van der Waals surface area contributed by atoms with Crippen LogP contribution >= 0.6 is 11.3 Å². The zero-order chi connectivity index (χ0) is 14.1. The van der Waals surface area contributed by atoms with Gasteiger partial charge in [0.2, 0.25) is 5.43 Å². The maximum atomic E-state index is 12.2. The molecule has 0 amide bonds. The van der Waals surface area contributed by atoms with Crippen LogP contribution in [0, 0.1) is 0 Å². The van der Waals surface area contributed by atoms with Crippen molar-refractivity contribution < 1.29 is 13.9 Å². The summed E-state index contributed by atoms with van der Waals surface area (Å²) in [4.78, 5) is 23.9. The van der Waals surface area contributed by atoms with Gasteiger partial charge in [0.05, 0.1) is 7.11 Å². The average Bonchev–Trinajstić information content (AvgIpc) is 2.92. The number of carbonyl (C=O) groups excluding carboxylic acids is 1. The highest BCUT2D eigenvalue weighted by Crippen LogP contribution is 2.34. The number of rotatable bonds is 2. The average molecular weight is 292 g/mol. The fourth-order valence-electron chi connectivity index (χ4n) is 2.80. The van der Waals surface area contributed by atoms with E-state index in [4.69, 9.17) is 9.15 Å². The van der Waals surface area contributed by atoms with Crippen LogP contribution in [-0.2, 0) is 4.74 Å². The predicted octanol–water partition coefficient (Wildman–Crippen LogP) is 3.69. The fourth-order valence-corrected chi connectivity index (χ4v) is 3.67. The van der Waals surface area contributed by atoms with Crippen molar-refractivity contribution in [1.29, 1.82) is 0 Å². The quantitative estimate of drug-likeness (QED) is 0.792. The third-order valence-corrected chi connectivity index (χ3v) is 4.85. The SMILES string of the molecule is COC(=O)c1csc2c(=O)cc(C3CCCCC3)oc12. The molecule has 2 heterocycles. The molecule has 0 atom stereocenters. The van der Waals surface area contributed by atoms with E-state index in [1.165, 1.54) is 37.7 Å². The lowest BCUT2D eigenvalue weighted by molar-refractivity contribution is 0.0602. The highest BCUT2D eigenvalue weighted by atomic mass is 32.1. The van der Waals surface area contributed by atoms with Crippen molar-refractivity contribution in [3.63, 3.8) is 0 Å². The third-order valence-electron chi connectivity index (χ3n) is 3.88. The first-order valence-electron chi connectivity index (χ1n) is 6.84. The van der Waals surface area contributed by atoms with Crippen molar-refractivity contribution >= 4 is 27.6 Å². The van der Waals surface area contributed by atoms with Crippen molar-refractivity contribution in [2.75, 3.05) is 7.11 Å². The first kappa shape index (κ1) is 13.4. The van der Waals surface area contributed by atoms with Gasteiger partial charge >= 0.3 is 5.97 Å². The monoisotopic (exact) mass is 292 g/mol. The Balaban J connectivity index is 2.11. The number of hydrogen-bond acceptors (Lipinski definition) is 5. The Morgan fingerprint density at radius 1 is 1.35 bits per heavy atom. The van der Waals surface area contributed by atoms with E-state index in [0.29, 0.717) is 27.5 Å². The number of methoxy groups -OCH3 is 1. The topological polar surface area (TPSA) is 56.5 Å². The van der Waals surface area contributed by atoms with E-state index >= 15 is 0 Å². The summed E-state index contributed by atoms with van der Waals surface area (Å²) >= 11 is 1.23. The minimum atomic E-state index is -0.458. The third kappa shape index (κ3) is 2.26. The number of esters is 1. The summed E-state index contributed by atoms with van der Waals surface area (Å²) in [5, 5.41) is 1.63. The van der Waals surface area contributed by atoms with E-state index < -0.39 is 5.97 Å². The largest absolute Gasteiger partial charge is 0.465 e. The number of ether oxygens (including phenoxy) is 1. The zero-order valence-electron chi connectivity index (χ0n) is 11.3. The Morgan fingerprint density at radius 2 is 2.10 bits per heavy atom. The number of fused-ring (bicyclic) bond motifs is 1. The van der Waals surface area contributed by atoms with Gasteiger partial charge in [-0.05, 0) is 12.8 Å². The molecule has 1 saturated carbocycles. The van der Waals surface area contributed by atoms with Crippen LogP contribution in [-0.4, -0.2) is 13.1 Å². The van der Waals surface area contributed by atoms with Gasteiger partial charge in [-0.25, -0.2) is 4.79 Å². The molecule has 2 aromatic heterocycles. The van der Waals surface area contributed by atoms with Crippen LogP contribution in [0.15, 0.2) is 20.7 Å². The van der Waals surface area contributed by atoms with Gasteiger partial charge in [0.15, 0.2) is 5.58 Å². The van der Waals surface area contributed by atoms with Crippen LogP contribution in [0.5, 0.6) is 0 Å². The number of carbonyl (C=O) groups is 1. The van der Waals surface area contributed by atoms with Crippen molar-refractivity contribution in [2.45, 2.75) is 38.0 Å². The van der Waals surface area contributed by atoms with Gasteiger partial charge in [-0.1, -0.05) is 19.3 Å². The Hall–Kier alpha value is -1.62. The standard InChI is InChI=1S/C15H16O4S/c1-18-15(17)10-8-20-14-11(16)7-12(19-13(10)14)9-5-3-2-4-6-9/h7-9H,2-6H2,1H3. The summed E-state index contributed by atoms with van der Waals surface area (Å²) in [6.07, 6.45) is 5.67. The molecule has 106 valence electrons. The Bertz CT molecular complexity index is 691. The summed E-state index contributed by atoms with van der Waals surface area (Å²) in [7, 11) is 1.33. The van der Waals surface area contributed by atoms with Gasteiger partial charge in [0.1, 0.15) is 16.0 Å². The number of thiophene rings is 1. The second kappa shape index (κ2) is 5.40. The van der Waals surface area contributed by atoms with Crippen molar-refractivity contribution in [3.05, 3.63) is 33.0 Å². The van der Waals surface area contributed by atoms with Gasteiger partial charge in [-0.2, -0.15) is 0 Å². The molecule has 5 heteroatoms. The second-order valence-corrected chi connectivity index (χ2v) is 6.03. The van der Waals surface area contributed by atoms with Crippen LogP contribution in [0.3, 0.4) is 0 Å². The molecule has 1 aliphatic carbocycles. The predicted molar refractivity (Wildman–Crippen MR) is 77.5 cm³/mol. The molecule has 0 N–H and O–H groups in total. The molecule has 2 aromatic rings. The van der Waals surface area contributed by atoms with E-state index in [0.717, 1.165) is 12.8 Å². The highest BCUT2D eigenvalue weighted by Gasteiger charge is 2.22. The van der Waals surface area contributed by atoms with Gasteiger partial charge < -0.3 is 9.15 Å². The van der Waals surface area contributed by atoms with E-state index in [-0.39, 0.29) is 5.43 Å². The summed E-state index contributed by atoms with van der Waals surface area (Å²) in [6.45, 7) is 0. The second-order valence-electron chi connectivity index (χ2n) is 5.15. The molecule has 1 fully saturated rings. The van der Waals surface area contributed by atoms with E-state index in [1.54, 1.807) is 11.4 Å². The summed E-state index contributed by atoms with van der Waals surface area (Å²) < 4.78 is 11.1. The minimum Gasteiger partial charge on any atom is -0.465 e. The maximum absolute atomic E-state index is 12.2. The zero-order valence-corrected chi connectivity index (χ0v) is 12.1. The lowest BCUT2D eigenvalue weighted by Gasteiger charge is -2.20. The fraction of sp³-hybridized carbons (Fsp3) is 0.467. The van der Waals surface area contributed by atoms with Gasteiger partial charge in [0.25, 0.3) is 0 Å². The molecule has 0 aliphatic heterocycles. The van der Waals surface area contributed by atoms with E-state index in [9.17, 15) is 9.59 Å². The van der Waals surface area contributed by atoms with Crippen molar-refractivity contribution in [3.8, 4) is 0 Å². The minimum absolute atomic E-state index is 0.0630. The summed E-state index contributed by atoms with van der Waals surface area (Å²) in [5.41, 5.74) is 0.671. The lowest BCUT2D eigenvalue weighted by Crippen LogP contribution is -2.09. The first-order chi connectivity index (χ1) is 9.70. The van der Waals surface area contributed by atoms with Gasteiger partial charge in [0, 0.05) is 17.4 Å². The molecular weight excluding hydrogens is 276 g/mol. The van der Waals surface area contributed by atoms with E-state index in [2.05, 4.69) is 0 Å². The molecule has 4 nitrogen and oxygen atoms in total. The molecule has 0 spiro atoms. The Labute approximate surface area is 120 Å². The van der Waals surface area contributed by atoms with Crippen LogP contribution in [0.4, 0.5) is 0 Å². The van der Waals surface area contributed by atoms with Gasteiger partial charge in [-0.15, -0.1) is 11.3 Å². The molecule has 0 aromatic carbocycles. The Kier molecular flexibility index (Phi) is 3.61. The van der Waals surface area contributed by atoms with Crippen molar-refractivity contribution in [2.24, 2.45) is 0 Å². The molecule has 0 bridgehead atoms. The lowest BCUT2D eigenvalue weighted by atomic mass is 9.87. The molecule has 1 aliphatic rings. The normalized spacial score (nSPS) is 16.4. The van der Waals surface area contributed by atoms with Crippen LogP contribution in [0.1, 0.15) is 54.1 Å². The molecule has 0 saturated heterocycles. The Morgan fingerprint density at radius 3 is 2.80 bits per heavy atom. The summed E-state index contributed by atoms with van der Waals surface area (Å²) in [6, 6.07) is 1.59. The molecule has 20 heavy (non-hydrogen) atoms.